The molecule has 1 aliphatic heterocycles. The number of hydrogen-bond acceptors (Lipinski definition) is 3. The average molecular weight is 368 g/mol. The van der Waals surface area contributed by atoms with Crippen LogP contribution < -0.4 is 5.32 Å². The van der Waals surface area contributed by atoms with E-state index in [4.69, 9.17) is 23.2 Å². The molecule has 0 bridgehead atoms. The zero-order valence-corrected chi connectivity index (χ0v) is 15.3. The molecular formula is C16H19Cl2N5O. The van der Waals surface area contributed by atoms with E-state index < -0.39 is 0 Å². The lowest BCUT2D eigenvalue weighted by Gasteiger charge is -2.34. The number of nitrogens with zero attached hydrogens (tertiary/aromatic N) is 4. The van der Waals surface area contributed by atoms with Gasteiger partial charge < -0.3 is 14.8 Å². The van der Waals surface area contributed by atoms with Gasteiger partial charge >= 0.3 is 6.03 Å². The highest BCUT2D eigenvalue weighted by molar-refractivity contribution is 6.36. The molecule has 1 unspecified atom stereocenters. The summed E-state index contributed by atoms with van der Waals surface area (Å²) in [5.74, 6) is 2.06. The number of carbonyl (C=O) groups is 1. The van der Waals surface area contributed by atoms with Crippen molar-refractivity contribution in [3.63, 3.8) is 0 Å². The van der Waals surface area contributed by atoms with Gasteiger partial charge in [0.15, 0.2) is 5.82 Å². The van der Waals surface area contributed by atoms with E-state index in [-0.39, 0.29) is 12.1 Å². The van der Waals surface area contributed by atoms with Crippen LogP contribution in [0.4, 0.5) is 10.5 Å². The standard InChI is InChI=1S/C16H19Cl2N5O/c1-9(2)14-20-21-15-10(3)22(6-7-23(14)15)16(24)19-13-5-4-11(17)8-12(13)18/h4-5,8-10H,6-7H2,1-3H3,(H,19,24). The Morgan fingerprint density at radius 2 is 2.04 bits per heavy atom. The zero-order chi connectivity index (χ0) is 17.4. The molecular weight excluding hydrogens is 349 g/mol. The van der Waals surface area contributed by atoms with Gasteiger partial charge in [0.25, 0.3) is 0 Å². The lowest BCUT2D eigenvalue weighted by atomic mass is 10.1. The summed E-state index contributed by atoms with van der Waals surface area (Å²) in [4.78, 5) is 14.4. The number of urea groups is 1. The predicted octanol–water partition coefficient (Wildman–Crippen LogP) is 4.32. The zero-order valence-electron chi connectivity index (χ0n) is 13.8. The second-order valence-corrected chi connectivity index (χ2v) is 6.99. The van der Waals surface area contributed by atoms with Crippen LogP contribution in [0.25, 0.3) is 0 Å². The molecule has 0 spiro atoms. The highest BCUT2D eigenvalue weighted by Crippen LogP contribution is 2.29. The number of aromatic nitrogens is 3. The quantitative estimate of drug-likeness (QED) is 0.859. The lowest BCUT2D eigenvalue weighted by molar-refractivity contribution is 0.172. The molecule has 0 aliphatic carbocycles. The lowest BCUT2D eigenvalue weighted by Crippen LogP contribution is -2.43. The van der Waals surface area contributed by atoms with Gasteiger partial charge in [-0.3, -0.25) is 0 Å². The van der Waals surface area contributed by atoms with Crippen molar-refractivity contribution in [2.75, 3.05) is 11.9 Å². The SMILES string of the molecule is CC(C)c1nnc2n1CCN(C(=O)Nc1ccc(Cl)cc1Cl)C2C. The fourth-order valence-corrected chi connectivity index (χ4v) is 3.34. The molecule has 3 rings (SSSR count). The van der Waals surface area contributed by atoms with E-state index in [9.17, 15) is 4.79 Å². The van der Waals surface area contributed by atoms with E-state index in [1.807, 2.05) is 6.92 Å². The Kier molecular flexibility index (Phi) is 4.69. The molecule has 1 aromatic heterocycles. The first-order chi connectivity index (χ1) is 11.4. The monoisotopic (exact) mass is 367 g/mol. The van der Waals surface area contributed by atoms with Crippen LogP contribution in [0.5, 0.6) is 0 Å². The van der Waals surface area contributed by atoms with Crippen molar-refractivity contribution in [1.29, 1.82) is 0 Å². The number of nitrogens with one attached hydrogen (secondary N) is 1. The highest BCUT2D eigenvalue weighted by atomic mass is 35.5. The predicted molar refractivity (Wildman–Crippen MR) is 94.7 cm³/mol. The molecule has 24 heavy (non-hydrogen) atoms. The third kappa shape index (κ3) is 3.08. The van der Waals surface area contributed by atoms with Gasteiger partial charge in [-0.25, -0.2) is 4.79 Å². The van der Waals surface area contributed by atoms with Gasteiger partial charge in [0.05, 0.1) is 16.8 Å². The summed E-state index contributed by atoms with van der Waals surface area (Å²) in [7, 11) is 0. The maximum atomic E-state index is 12.6. The molecule has 8 heteroatoms. The Labute approximate surface area is 150 Å². The van der Waals surface area contributed by atoms with Crippen LogP contribution in [-0.2, 0) is 6.54 Å². The van der Waals surface area contributed by atoms with Crippen LogP contribution in [0.2, 0.25) is 10.0 Å². The molecule has 1 atom stereocenters. The number of halogens is 2. The van der Waals surface area contributed by atoms with Crippen molar-refractivity contribution in [2.24, 2.45) is 0 Å². The molecule has 1 N–H and O–H groups in total. The van der Waals surface area contributed by atoms with Gasteiger partial charge in [0, 0.05) is 24.0 Å². The summed E-state index contributed by atoms with van der Waals surface area (Å²) in [6.45, 7) is 7.39. The number of carbonyl (C=O) groups excluding carboxylic acids is 1. The van der Waals surface area contributed by atoms with E-state index in [0.717, 1.165) is 11.6 Å². The van der Waals surface area contributed by atoms with Gasteiger partial charge in [0.1, 0.15) is 5.82 Å². The fraction of sp³-hybridized carbons (Fsp3) is 0.438. The van der Waals surface area contributed by atoms with Crippen molar-refractivity contribution in [1.82, 2.24) is 19.7 Å². The summed E-state index contributed by atoms with van der Waals surface area (Å²) < 4.78 is 2.11. The smallest absolute Gasteiger partial charge is 0.313 e. The van der Waals surface area contributed by atoms with Crippen LogP contribution in [0, 0.1) is 0 Å². The number of benzene rings is 1. The summed E-state index contributed by atoms with van der Waals surface area (Å²) in [5, 5.41) is 12.3. The minimum atomic E-state index is -0.216. The first kappa shape index (κ1) is 17.0. The largest absolute Gasteiger partial charge is 0.322 e. The molecule has 0 radical (unpaired) electrons. The number of fused-ring (bicyclic) bond motifs is 1. The van der Waals surface area contributed by atoms with Gasteiger partial charge in [-0.2, -0.15) is 0 Å². The Bertz CT molecular complexity index is 774. The first-order valence-corrected chi connectivity index (χ1v) is 8.59. The molecule has 1 aromatic carbocycles. The number of rotatable bonds is 2. The van der Waals surface area contributed by atoms with Crippen LogP contribution in [-0.4, -0.2) is 32.2 Å². The van der Waals surface area contributed by atoms with Crippen LogP contribution in [0.15, 0.2) is 18.2 Å². The van der Waals surface area contributed by atoms with Crippen LogP contribution in [0.3, 0.4) is 0 Å². The first-order valence-electron chi connectivity index (χ1n) is 7.84. The van der Waals surface area contributed by atoms with Crippen molar-refractivity contribution >= 4 is 34.9 Å². The Morgan fingerprint density at radius 1 is 1.29 bits per heavy atom. The van der Waals surface area contributed by atoms with E-state index in [2.05, 4.69) is 33.9 Å². The number of anilines is 1. The van der Waals surface area contributed by atoms with E-state index in [0.29, 0.717) is 34.7 Å². The molecule has 0 saturated carbocycles. The van der Waals surface area contributed by atoms with E-state index >= 15 is 0 Å². The summed E-state index contributed by atoms with van der Waals surface area (Å²) in [6, 6.07) is 4.60. The average Bonchev–Trinajstić information content (AvgIpc) is 2.95. The fourth-order valence-electron chi connectivity index (χ4n) is 2.89. The van der Waals surface area contributed by atoms with Crippen molar-refractivity contribution in [3.8, 4) is 0 Å². The van der Waals surface area contributed by atoms with Crippen molar-refractivity contribution < 1.29 is 4.79 Å². The van der Waals surface area contributed by atoms with Gasteiger partial charge in [-0.1, -0.05) is 37.0 Å². The Balaban J connectivity index is 1.79. The Morgan fingerprint density at radius 3 is 2.71 bits per heavy atom. The summed E-state index contributed by atoms with van der Waals surface area (Å²) in [6.07, 6.45) is 0. The minimum absolute atomic E-state index is 0.162. The molecule has 0 fully saturated rings. The van der Waals surface area contributed by atoms with Gasteiger partial charge in [0.2, 0.25) is 0 Å². The topological polar surface area (TPSA) is 63.1 Å². The number of hydrogen-bond donors (Lipinski definition) is 1. The van der Waals surface area contributed by atoms with Gasteiger partial charge in [-0.05, 0) is 25.1 Å². The van der Waals surface area contributed by atoms with E-state index in [1.54, 1.807) is 23.1 Å². The summed E-state index contributed by atoms with van der Waals surface area (Å²) >= 11 is 12.0. The summed E-state index contributed by atoms with van der Waals surface area (Å²) in [5.41, 5.74) is 0.535. The highest BCUT2D eigenvalue weighted by Gasteiger charge is 2.31. The molecule has 2 amide bonds. The molecule has 1 aliphatic rings. The third-order valence-electron chi connectivity index (χ3n) is 4.16. The van der Waals surface area contributed by atoms with Crippen LogP contribution in [0.1, 0.15) is 44.4 Å². The van der Waals surface area contributed by atoms with Crippen molar-refractivity contribution in [3.05, 3.63) is 39.9 Å². The maximum Gasteiger partial charge on any atom is 0.322 e. The molecule has 2 heterocycles. The second kappa shape index (κ2) is 6.61. The number of amides is 2. The van der Waals surface area contributed by atoms with Gasteiger partial charge in [-0.15, -0.1) is 10.2 Å². The molecule has 128 valence electrons. The third-order valence-corrected chi connectivity index (χ3v) is 4.71. The van der Waals surface area contributed by atoms with Crippen LogP contribution >= 0.6 is 23.2 Å². The van der Waals surface area contributed by atoms with Crippen molar-refractivity contribution in [2.45, 2.75) is 39.3 Å². The van der Waals surface area contributed by atoms with E-state index in [1.165, 1.54) is 0 Å². The minimum Gasteiger partial charge on any atom is -0.313 e. The molecule has 2 aromatic rings. The second-order valence-electron chi connectivity index (χ2n) is 6.15. The molecule has 6 nitrogen and oxygen atoms in total. The Hall–Kier alpha value is -1.79. The molecule has 0 saturated heterocycles. The normalized spacial score (nSPS) is 17.1. The maximum absolute atomic E-state index is 12.6.